The van der Waals surface area contributed by atoms with Gasteiger partial charge in [0.1, 0.15) is 5.70 Å². The Hall–Kier alpha value is -3.32. The zero-order valence-corrected chi connectivity index (χ0v) is 13.9. The summed E-state index contributed by atoms with van der Waals surface area (Å²) in [5.41, 5.74) is 0.495. The Labute approximate surface area is 152 Å². The van der Waals surface area contributed by atoms with Gasteiger partial charge in [-0.15, -0.1) is 0 Å². The van der Waals surface area contributed by atoms with Crippen LogP contribution in [-0.2, 0) is 14.3 Å². The van der Waals surface area contributed by atoms with Crippen LogP contribution in [0.15, 0.2) is 65.3 Å². The van der Waals surface area contributed by atoms with E-state index in [1.165, 1.54) is 18.2 Å². The van der Waals surface area contributed by atoms with Crippen LogP contribution in [0.4, 0.5) is 5.69 Å². The van der Waals surface area contributed by atoms with Gasteiger partial charge in [0.05, 0.1) is 11.5 Å². The highest BCUT2D eigenvalue weighted by atomic mass is 35.5. The second kappa shape index (κ2) is 7.28. The van der Waals surface area contributed by atoms with Crippen LogP contribution in [0.5, 0.6) is 0 Å². The van der Waals surface area contributed by atoms with Crippen LogP contribution in [0, 0.1) is 0 Å². The minimum atomic E-state index is -1.38. The van der Waals surface area contributed by atoms with E-state index in [4.69, 9.17) is 21.1 Å². The number of cyclic esters (lactones) is 1. The number of carboxylic acid groups (broad SMARTS) is 1. The van der Waals surface area contributed by atoms with Crippen molar-refractivity contribution >= 4 is 35.2 Å². The lowest BCUT2D eigenvalue weighted by Crippen LogP contribution is -2.24. The Kier molecular flexibility index (Phi) is 4.90. The topological polar surface area (TPSA) is 105 Å². The first-order valence-electron chi connectivity index (χ1n) is 7.41. The summed E-state index contributed by atoms with van der Waals surface area (Å²) in [6, 6.07) is 13.8. The quantitative estimate of drug-likeness (QED) is 0.795. The molecule has 8 heteroatoms. The summed E-state index contributed by atoms with van der Waals surface area (Å²) in [5.74, 6) is -2.94. The van der Waals surface area contributed by atoms with Gasteiger partial charge in [0, 0.05) is 5.69 Å². The molecule has 1 atom stereocenters. The highest BCUT2D eigenvalue weighted by Crippen LogP contribution is 2.28. The molecule has 0 saturated heterocycles. The lowest BCUT2D eigenvalue weighted by Gasteiger charge is -2.17. The number of hydrogen-bond donors (Lipinski definition) is 1. The van der Waals surface area contributed by atoms with E-state index in [0.29, 0.717) is 5.69 Å². The maximum atomic E-state index is 12.2. The van der Waals surface area contributed by atoms with E-state index < -0.39 is 24.2 Å². The van der Waals surface area contributed by atoms with Gasteiger partial charge in [-0.3, -0.25) is 0 Å². The number of nitrogens with one attached hydrogen (secondary N) is 1. The number of hydrogen-bond acceptors (Lipinski definition) is 7. The number of aromatic carboxylic acids is 1. The minimum absolute atomic E-state index is 0.00329. The van der Waals surface area contributed by atoms with Crippen molar-refractivity contribution in [2.75, 3.05) is 5.32 Å². The number of halogens is 1. The van der Waals surface area contributed by atoms with E-state index >= 15 is 0 Å². The highest BCUT2D eigenvalue weighted by Gasteiger charge is 2.36. The maximum absolute atomic E-state index is 12.2. The second-order valence-corrected chi connectivity index (χ2v) is 5.61. The normalized spacial score (nSPS) is 16.2. The van der Waals surface area contributed by atoms with Gasteiger partial charge < -0.3 is 24.7 Å². The van der Waals surface area contributed by atoms with Crippen LogP contribution in [0.1, 0.15) is 20.7 Å². The Balaban J connectivity index is 1.81. The molecule has 0 radical (unpaired) electrons. The molecule has 0 aliphatic carbocycles. The molecule has 2 aromatic carbocycles. The van der Waals surface area contributed by atoms with Crippen LogP contribution in [0.3, 0.4) is 0 Å². The number of rotatable bonds is 5. The molecular formula is C18H11ClNO6-. The molecule has 1 aliphatic rings. The summed E-state index contributed by atoms with van der Waals surface area (Å²) < 4.78 is 10.1. The fraction of sp³-hybridized carbons (Fsp3) is 0.0556. The van der Waals surface area contributed by atoms with Crippen molar-refractivity contribution in [1.82, 2.24) is 0 Å². The van der Waals surface area contributed by atoms with Crippen LogP contribution >= 0.6 is 11.6 Å². The number of carboxylic acids is 1. The monoisotopic (exact) mass is 372 g/mol. The molecule has 1 N–H and O–H groups in total. The van der Waals surface area contributed by atoms with Gasteiger partial charge >= 0.3 is 11.9 Å². The van der Waals surface area contributed by atoms with E-state index in [2.05, 4.69) is 5.32 Å². The predicted octanol–water partition coefficient (Wildman–Crippen LogP) is 1.65. The van der Waals surface area contributed by atoms with E-state index in [1.807, 2.05) is 0 Å². The zero-order valence-electron chi connectivity index (χ0n) is 13.1. The summed E-state index contributed by atoms with van der Waals surface area (Å²) in [6.45, 7) is 0. The average molecular weight is 373 g/mol. The number of ether oxygens (including phenoxy) is 2. The Morgan fingerprint density at radius 3 is 2.46 bits per heavy atom. The fourth-order valence-electron chi connectivity index (χ4n) is 2.24. The van der Waals surface area contributed by atoms with Gasteiger partial charge in [-0.05, 0) is 29.8 Å². The van der Waals surface area contributed by atoms with E-state index in [0.717, 1.165) is 0 Å². The van der Waals surface area contributed by atoms with Crippen molar-refractivity contribution in [3.05, 3.63) is 76.5 Å². The van der Waals surface area contributed by atoms with Crippen molar-refractivity contribution < 1.29 is 29.0 Å². The van der Waals surface area contributed by atoms with Crippen molar-refractivity contribution in [1.29, 1.82) is 0 Å². The number of carbonyl (C=O) groups is 3. The minimum Gasteiger partial charge on any atom is -0.545 e. The van der Waals surface area contributed by atoms with Crippen molar-refractivity contribution in [2.24, 2.45) is 0 Å². The first kappa shape index (κ1) is 17.5. The van der Waals surface area contributed by atoms with Gasteiger partial charge in [-0.25, -0.2) is 9.59 Å². The Morgan fingerprint density at radius 1 is 1.08 bits per heavy atom. The summed E-state index contributed by atoms with van der Waals surface area (Å²) >= 11 is 5.93. The number of benzene rings is 2. The van der Waals surface area contributed by atoms with Gasteiger partial charge in [-0.2, -0.15) is 0 Å². The van der Waals surface area contributed by atoms with Crippen molar-refractivity contribution in [2.45, 2.75) is 6.29 Å². The standard InChI is InChI=1S/C18H12ClNO6/c19-13-14(20-12-8-4-7-11(9-12)15(21)22)18(26-17(13)24)25-16(23)10-5-2-1-3-6-10/h1-9,18,20H,(H,21,22)/p-1/t18-/m1/s1. The van der Waals surface area contributed by atoms with Crippen molar-refractivity contribution in [3.63, 3.8) is 0 Å². The van der Waals surface area contributed by atoms with Gasteiger partial charge in [0.2, 0.25) is 0 Å². The third kappa shape index (κ3) is 3.68. The molecule has 3 rings (SSSR count). The van der Waals surface area contributed by atoms with E-state index in [-0.39, 0.29) is 21.9 Å². The molecule has 0 bridgehead atoms. The molecular weight excluding hydrogens is 362 g/mol. The number of anilines is 1. The second-order valence-electron chi connectivity index (χ2n) is 5.23. The summed E-state index contributed by atoms with van der Waals surface area (Å²) in [5, 5.41) is 13.4. The highest BCUT2D eigenvalue weighted by molar-refractivity contribution is 6.42. The molecule has 0 unspecified atom stereocenters. The molecule has 0 amide bonds. The molecule has 1 aliphatic heterocycles. The molecule has 132 valence electrons. The molecule has 0 saturated carbocycles. The fourth-order valence-corrected chi connectivity index (χ4v) is 2.42. The molecule has 7 nitrogen and oxygen atoms in total. The molecule has 0 aromatic heterocycles. The lowest BCUT2D eigenvalue weighted by atomic mass is 10.2. The molecule has 1 heterocycles. The lowest BCUT2D eigenvalue weighted by molar-refractivity contribution is -0.255. The SMILES string of the molecule is O=C1O[C@@H](OC(=O)c2ccccc2)C(Nc2cccc(C(=O)[O-])c2)=C1Cl. The van der Waals surface area contributed by atoms with Gasteiger partial charge in [0.25, 0.3) is 6.29 Å². The Bertz CT molecular complexity index is 909. The number of esters is 2. The zero-order chi connectivity index (χ0) is 18.7. The first-order chi connectivity index (χ1) is 12.5. The summed E-state index contributed by atoms with van der Waals surface area (Å²) in [4.78, 5) is 34.8. The van der Waals surface area contributed by atoms with Gasteiger partial charge in [0.15, 0.2) is 5.03 Å². The average Bonchev–Trinajstić information content (AvgIpc) is 2.90. The van der Waals surface area contributed by atoms with Crippen molar-refractivity contribution in [3.8, 4) is 0 Å². The summed E-state index contributed by atoms with van der Waals surface area (Å²) in [7, 11) is 0. The van der Waals surface area contributed by atoms with Gasteiger partial charge in [-0.1, -0.05) is 41.9 Å². The number of carbonyl (C=O) groups excluding carboxylic acids is 3. The van der Waals surface area contributed by atoms with Crippen LogP contribution < -0.4 is 10.4 Å². The molecule has 0 fully saturated rings. The van der Waals surface area contributed by atoms with Crippen LogP contribution in [0.25, 0.3) is 0 Å². The molecule has 2 aromatic rings. The maximum Gasteiger partial charge on any atom is 0.355 e. The smallest absolute Gasteiger partial charge is 0.355 e. The predicted molar refractivity (Wildman–Crippen MR) is 89.0 cm³/mol. The van der Waals surface area contributed by atoms with Crippen LogP contribution in [0.2, 0.25) is 0 Å². The van der Waals surface area contributed by atoms with E-state index in [1.54, 1.807) is 36.4 Å². The van der Waals surface area contributed by atoms with Crippen LogP contribution in [-0.4, -0.2) is 24.2 Å². The third-order valence-electron chi connectivity index (χ3n) is 3.47. The van der Waals surface area contributed by atoms with E-state index in [9.17, 15) is 19.5 Å². The first-order valence-corrected chi connectivity index (χ1v) is 7.78. The Morgan fingerprint density at radius 2 is 1.77 bits per heavy atom. The third-order valence-corrected chi connectivity index (χ3v) is 3.82. The summed E-state index contributed by atoms with van der Waals surface area (Å²) in [6.07, 6.45) is -1.38. The largest absolute Gasteiger partial charge is 0.545 e. The molecule has 26 heavy (non-hydrogen) atoms. The molecule has 0 spiro atoms.